The van der Waals surface area contributed by atoms with Crippen molar-refractivity contribution in [2.45, 2.75) is 31.3 Å². The molecule has 0 amide bonds. The van der Waals surface area contributed by atoms with E-state index in [0.29, 0.717) is 6.04 Å². The lowest BCUT2D eigenvalue weighted by atomic mass is 9.97. The highest BCUT2D eigenvalue weighted by Crippen LogP contribution is 2.45. The van der Waals surface area contributed by atoms with E-state index in [4.69, 9.17) is 4.74 Å². The summed E-state index contributed by atoms with van der Waals surface area (Å²) < 4.78 is 18.6. The first-order valence-electron chi connectivity index (χ1n) is 7.33. The van der Waals surface area contributed by atoms with Gasteiger partial charge in [0.2, 0.25) is 0 Å². The monoisotopic (exact) mass is 284 g/mol. The number of anilines is 1. The fourth-order valence-corrected chi connectivity index (χ4v) is 3.71. The van der Waals surface area contributed by atoms with E-state index in [9.17, 15) is 4.39 Å². The summed E-state index contributed by atoms with van der Waals surface area (Å²) >= 11 is 0. The topological polar surface area (TPSA) is 25.4 Å². The molecule has 0 N–H and O–H groups in total. The zero-order valence-electron chi connectivity index (χ0n) is 11.9. The van der Waals surface area contributed by atoms with Crippen molar-refractivity contribution in [3.8, 4) is 5.75 Å². The first kappa shape index (κ1) is 12.6. The standard InChI is InChI=1S/C17H17FN2O/c1-21-15-5-2-13(3-6-15)20-14-4-7-16(20)17-11(9-14)8-12(18)10-19-17/h2-3,5-6,8,10,14,16H,4,7,9H2,1H3. The van der Waals surface area contributed by atoms with E-state index in [1.807, 2.05) is 12.1 Å². The molecule has 2 bridgehead atoms. The Bertz CT molecular complexity index is 671. The zero-order chi connectivity index (χ0) is 14.4. The van der Waals surface area contributed by atoms with Crippen molar-refractivity contribution in [2.75, 3.05) is 12.0 Å². The summed E-state index contributed by atoms with van der Waals surface area (Å²) in [7, 11) is 1.67. The summed E-state index contributed by atoms with van der Waals surface area (Å²) in [5.41, 5.74) is 3.31. The maximum absolute atomic E-state index is 13.4. The van der Waals surface area contributed by atoms with E-state index in [2.05, 4.69) is 22.0 Å². The minimum Gasteiger partial charge on any atom is -0.497 e. The molecule has 2 aromatic rings. The summed E-state index contributed by atoms with van der Waals surface area (Å²) in [5.74, 6) is 0.634. The van der Waals surface area contributed by atoms with Crippen molar-refractivity contribution in [2.24, 2.45) is 0 Å². The number of nitrogens with zero attached hydrogens (tertiary/aromatic N) is 2. The van der Waals surface area contributed by atoms with Crippen LogP contribution in [0.3, 0.4) is 0 Å². The molecule has 0 aliphatic carbocycles. The number of hydrogen-bond donors (Lipinski definition) is 0. The van der Waals surface area contributed by atoms with Gasteiger partial charge < -0.3 is 9.64 Å². The molecule has 2 atom stereocenters. The van der Waals surface area contributed by atoms with Crippen LogP contribution in [-0.4, -0.2) is 18.1 Å². The SMILES string of the molecule is COc1ccc(N2C3CCC2c2ncc(F)cc2C3)cc1. The number of aromatic nitrogens is 1. The number of ether oxygens (including phenoxy) is 1. The smallest absolute Gasteiger partial charge is 0.141 e. The minimum absolute atomic E-state index is 0.231. The van der Waals surface area contributed by atoms with Crippen LogP contribution in [-0.2, 0) is 6.42 Å². The normalized spacial score (nSPS) is 23.0. The second-order valence-electron chi connectivity index (χ2n) is 5.75. The van der Waals surface area contributed by atoms with Gasteiger partial charge in [-0.15, -0.1) is 0 Å². The highest BCUT2D eigenvalue weighted by molar-refractivity contribution is 5.55. The molecule has 108 valence electrons. The Kier molecular flexibility index (Phi) is 2.84. The van der Waals surface area contributed by atoms with Crippen LogP contribution >= 0.6 is 0 Å². The van der Waals surface area contributed by atoms with Crippen molar-refractivity contribution < 1.29 is 9.13 Å². The number of pyridine rings is 1. The molecule has 1 saturated heterocycles. The third-order valence-electron chi connectivity index (χ3n) is 4.61. The molecule has 21 heavy (non-hydrogen) atoms. The molecule has 0 spiro atoms. The van der Waals surface area contributed by atoms with Crippen LogP contribution in [0.1, 0.15) is 30.1 Å². The second kappa shape index (κ2) is 4.72. The molecule has 2 unspecified atom stereocenters. The van der Waals surface area contributed by atoms with Gasteiger partial charge in [0, 0.05) is 11.7 Å². The predicted molar refractivity (Wildman–Crippen MR) is 79.1 cm³/mol. The molecule has 2 aliphatic rings. The van der Waals surface area contributed by atoms with Gasteiger partial charge in [0.15, 0.2) is 0 Å². The molecule has 0 saturated carbocycles. The Morgan fingerprint density at radius 1 is 1.24 bits per heavy atom. The second-order valence-corrected chi connectivity index (χ2v) is 5.75. The third-order valence-corrected chi connectivity index (χ3v) is 4.61. The van der Waals surface area contributed by atoms with Crippen LogP contribution in [0.25, 0.3) is 0 Å². The van der Waals surface area contributed by atoms with Crippen molar-refractivity contribution in [3.63, 3.8) is 0 Å². The maximum Gasteiger partial charge on any atom is 0.141 e. The first-order valence-corrected chi connectivity index (χ1v) is 7.33. The molecule has 4 heteroatoms. The number of halogens is 1. The number of hydrogen-bond acceptors (Lipinski definition) is 3. The van der Waals surface area contributed by atoms with Gasteiger partial charge in [-0.25, -0.2) is 4.39 Å². The number of rotatable bonds is 2. The minimum atomic E-state index is -0.231. The van der Waals surface area contributed by atoms with Gasteiger partial charge >= 0.3 is 0 Å². The number of fused-ring (bicyclic) bond motifs is 4. The molecular weight excluding hydrogens is 267 g/mol. The molecule has 4 rings (SSSR count). The van der Waals surface area contributed by atoms with E-state index in [0.717, 1.165) is 36.3 Å². The summed E-state index contributed by atoms with van der Waals surface area (Å²) in [6.45, 7) is 0. The van der Waals surface area contributed by atoms with Crippen LogP contribution in [0.5, 0.6) is 5.75 Å². The molecule has 3 heterocycles. The van der Waals surface area contributed by atoms with Crippen molar-refractivity contribution in [3.05, 3.63) is 53.6 Å². The van der Waals surface area contributed by atoms with Crippen LogP contribution in [0.15, 0.2) is 36.5 Å². The average Bonchev–Trinajstić information content (AvgIpc) is 2.82. The molecule has 3 nitrogen and oxygen atoms in total. The third kappa shape index (κ3) is 1.97. The largest absolute Gasteiger partial charge is 0.497 e. The van der Waals surface area contributed by atoms with E-state index in [1.165, 1.54) is 11.9 Å². The van der Waals surface area contributed by atoms with Gasteiger partial charge in [-0.05, 0) is 55.2 Å². The van der Waals surface area contributed by atoms with E-state index < -0.39 is 0 Å². The number of benzene rings is 1. The lowest BCUT2D eigenvalue weighted by molar-refractivity contribution is 0.414. The summed E-state index contributed by atoms with van der Waals surface area (Å²) in [6.07, 6.45) is 4.43. The number of methoxy groups -OCH3 is 1. The zero-order valence-corrected chi connectivity index (χ0v) is 11.9. The molecule has 1 aromatic heterocycles. The van der Waals surface area contributed by atoms with E-state index in [-0.39, 0.29) is 11.9 Å². The molecule has 1 aromatic carbocycles. The Hall–Kier alpha value is -2.10. The maximum atomic E-state index is 13.4. The summed E-state index contributed by atoms with van der Waals surface area (Å²) in [5, 5.41) is 0. The molecular formula is C17H17FN2O. The van der Waals surface area contributed by atoms with Crippen LogP contribution in [0.2, 0.25) is 0 Å². The Morgan fingerprint density at radius 3 is 2.81 bits per heavy atom. The van der Waals surface area contributed by atoms with E-state index in [1.54, 1.807) is 13.2 Å². The van der Waals surface area contributed by atoms with Gasteiger partial charge in [0.1, 0.15) is 11.6 Å². The first-order chi connectivity index (χ1) is 10.3. The summed E-state index contributed by atoms with van der Waals surface area (Å²) in [6, 6.07) is 10.5. The fourth-order valence-electron chi connectivity index (χ4n) is 3.71. The Labute approximate surface area is 123 Å². The van der Waals surface area contributed by atoms with Gasteiger partial charge in [0.05, 0.1) is 25.0 Å². The van der Waals surface area contributed by atoms with Gasteiger partial charge in [-0.2, -0.15) is 0 Å². The quantitative estimate of drug-likeness (QED) is 0.844. The van der Waals surface area contributed by atoms with Gasteiger partial charge in [-0.3, -0.25) is 4.98 Å². The van der Waals surface area contributed by atoms with Crippen molar-refractivity contribution in [1.29, 1.82) is 0 Å². The molecule has 2 aliphatic heterocycles. The van der Waals surface area contributed by atoms with E-state index >= 15 is 0 Å². The summed E-state index contributed by atoms with van der Waals surface area (Å²) in [4.78, 5) is 6.80. The molecule has 1 fully saturated rings. The Balaban J connectivity index is 1.73. The van der Waals surface area contributed by atoms with Crippen molar-refractivity contribution in [1.82, 2.24) is 4.98 Å². The molecule has 0 radical (unpaired) electrons. The van der Waals surface area contributed by atoms with Crippen LogP contribution in [0.4, 0.5) is 10.1 Å². The van der Waals surface area contributed by atoms with Crippen molar-refractivity contribution >= 4 is 5.69 Å². The fraction of sp³-hybridized carbons (Fsp3) is 0.353. The van der Waals surface area contributed by atoms with Gasteiger partial charge in [-0.1, -0.05) is 0 Å². The van der Waals surface area contributed by atoms with Crippen LogP contribution in [0, 0.1) is 5.82 Å². The highest BCUT2D eigenvalue weighted by atomic mass is 19.1. The predicted octanol–water partition coefficient (Wildman–Crippen LogP) is 3.50. The van der Waals surface area contributed by atoms with Crippen LogP contribution < -0.4 is 9.64 Å². The highest BCUT2D eigenvalue weighted by Gasteiger charge is 2.40. The Morgan fingerprint density at radius 2 is 2.05 bits per heavy atom. The average molecular weight is 284 g/mol. The lowest BCUT2D eigenvalue weighted by Crippen LogP contribution is -2.38. The lowest BCUT2D eigenvalue weighted by Gasteiger charge is -2.37. The van der Waals surface area contributed by atoms with Gasteiger partial charge in [0.25, 0.3) is 0 Å².